The summed E-state index contributed by atoms with van der Waals surface area (Å²) in [5, 5.41) is 4.74. The standard InChI is InChI=1S/C14H11BrCl3N/c1-8-2-3-9(4-10(8)15)7-19-14-6-12(17)11(16)5-13(14)18/h2-6,19H,7H2,1H3. The molecule has 0 spiro atoms. The molecule has 19 heavy (non-hydrogen) atoms. The molecule has 5 heteroatoms. The Balaban J connectivity index is 2.14. The first kappa shape index (κ1) is 15.0. The van der Waals surface area contributed by atoms with Crippen LogP contribution in [0.25, 0.3) is 0 Å². The molecule has 0 aromatic heterocycles. The predicted molar refractivity (Wildman–Crippen MR) is 87.7 cm³/mol. The molecule has 0 saturated heterocycles. The average Bonchev–Trinajstić information content (AvgIpc) is 2.36. The van der Waals surface area contributed by atoms with Crippen molar-refractivity contribution in [2.45, 2.75) is 13.5 Å². The first-order valence-corrected chi connectivity index (χ1v) is 7.53. The van der Waals surface area contributed by atoms with Crippen molar-refractivity contribution >= 4 is 56.4 Å². The first-order chi connectivity index (χ1) is 8.97. The molecule has 2 aromatic rings. The van der Waals surface area contributed by atoms with E-state index < -0.39 is 0 Å². The Labute approximate surface area is 136 Å². The van der Waals surface area contributed by atoms with E-state index in [1.54, 1.807) is 12.1 Å². The van der Waals surface area contributed by atoms with Gasteiger partial charge in [0.2, 0.25) is 0 Å². The number of aryl methyl sites for hydroxylation is 1. The van der Waals surface area contributed by atoms with Gasteiger partial charge in [-0.25, -0.2) is 0 Å². The topological polar surface area (TPSA) is 12.0 Å². The fraction of sp³-hybridized carbons (Fsp3) is 0.143. The quantitative estimate of drug-likeness (QED) is 0.615. The second kappa shape index (κ2) is 6.36. The molecule has 0 aliphatic heterocycles. The maximum Gasteiger partial charge on any atom is 0.0653 e. The van der Waals surface area contributed by atoms with Crippen molar-refractivity contribution in [2.75, 3.05) is 5.32 Å². The van der Waals surface area contributed by atoms with Crippen LogP contribution in [-0.2, 0) is 6.54 Å². The van der Waals surface area contributed by atoms with Gasteiger partial charge in [0, 0.05) is 11.0 Å². The Morgan fingerprint density at radius 2 is 1.68 bits per heavy atom. The van der Waals surface area contributed by atoms with Crippen LogP contribution in [0.5, 0.6) is 0 Å². The predicted octanol–water partition coefficient (Wildman–Crippen LogP) is 6.33. The Morgan fingerprint density at radius 3 is 2.37 bits per heavy atom. The first-order valence-electron chi connectivity index (χ1n) is 5.61. The van der Waals surface area contributed by atoms with Gasteiger partial charge in [-0.3, -0.25) is 0 Å². The van der Waals surface area contributed by atoms with Crippen LogP contribution >= 0.6 is 50.7 Å². The molecule has 2 aromatic carbocycles. The largest absolute Gasteiger partial charge is 0.380 e. The third kappa shape index (κ3) is 3.79. The van der Waals surface area contributed by atoms with Gasteiger partial charge in [-0.15, -0.1) is 0 Å². The summed E-state index contributed by atoms with van der Waals surface area (Å²) in [6.45, 7) is 2.72. The molecule has 1 N–H and O–H groups in total. The number of benzene rings is 2. The van der Waals surface area contributed by atoms with Crippen molar-refractivity contribution in [1.29, 1.82) is 0 Å². The van der Waals surface area contributed by atoms with Crippen LogP contribution in [0.3, 0.4) is 0 Å². The van der Waals surface area contributed by atoms with E-state index in [0.717, 1.165) is 15.7 Å². The third-order valence-corrected chi connectivity index (χ3v) is 4.62. The Kier molecular flexibility index (Phi) is 5.02. The average molecular weight is 380 g/mol. The minimum Gasteiger partial charge on any atom is -0.380 e. The zero-order valence-electron chi connectivity index (χ0n) is 10.1. The molecule has 0 heterocycles. The minimum absolute atomic E-state index is 0.454. The maximum absolute atomic E-state index is 6.11. The molecule has 100 valence electrons. The summed E-state index contributed by atoms with van der Waals surface area (Å²) in [5.74, 6) is 0. The smallest absolute Gasteiger partial charge is 0.0653 e. The number of hydrogen-bond donors (Lipinski definition) is 1. The SMILES string of the molecule is Cc1ccc(CNc2cc(Cl)c(Cl)cc2Cl)cc1Br. The van der Waals surface area contributed by atoms with Crippen molar-refractivity contribution < 1.29 is 0 Å². The lowest BCUT2D eigenvalue weighted by atomic mass is 10.1. The molecule has 0 amide bonds. The van der Waals surface area contributed by atoms with E-state index in [0.29, 0.717) is 21.6 Å². The summed E-state index contributed by atoms with van der Waals surface area (Å²) in [6.07, 6.45) is 0. The van der Waals surface area contributed by atoms with E-state index in [2.05, 4.69) is 46.4 Å². The molecule has 0 atom stereocenters. The highest BCUT2D eigenvalue weighted by Crippen LogP contribution is 2.32. The van der Waals surface area contributed by atoms with Crippen LogP contribution in [0.4, 0.5) is 5.69 Å². The monoisotopic (exact) mass is 377 g/mol. The van der Waals surface area contributed by atoms with Crippen LogP contribution in [0, 0.1) is 6.92 Å². The Hall–Kier alpha value is -0.410. The molecule has 0 aliphatic rings. The van der Waals surface area contributed by atoms with Crippen molar-refractivity contribution in [3.8, 4) is 0 Å². The lowest BCUT2D eigenvalue weighted by Crippen LogP contribution is -2.00. The van der Waals surface area contributed by atoms with E-state index in [1.165, 1.54) is 5.56 Å². The summed E-state index contributed by atoms with van der Waals surface area (Å²) in [4.78, 5) is 0. The zero-order chi connectivity index (χ0) is 14.0. The fourth-order valence-corrected chi connectivity index (χ4v) is 2.64. The van der Waals surface area contributed by atoms with E-state index in [-0.39, 0.29) is 0 Å². The Bertz CT molecular complexity index is 614. The number of anilines is 1. The molecule has 0 radical (unpaired) electrons. The minimum atomic E-state index is 0.454. The van der Waals surface area contributed by atoms with E-state index in [1.807, 2.05) is 0 Å². The number of rotatable bonds is 3. The Morgan fingerprint density at radius 1 is 1.00 bits per heavy atom. The molecular weight excluding hydrogens is 368 g/mol. The van der Waals surface area contributed by atoms with Crippen molar-refractivity contribution in [2.24, 2.45) is 0 Å². The molecule has 0 fully saturated rings. The summed E-state index contributed by atoms with van der Waals surface area (Å²) in [5.41, 5.74) is 3.13. The number of halogens is 4. The highest BCUT2D eigenvalue weighted by atomic mass is 79.9. The van der Waals surface area contributed by atoms with Gasteiger partial charge < -0.3 is 5.32 Å². The van der Waals surface area contributed by atoms with Crippen molar-refractivity contribution in [1.82, 2.24) is 0 Å². The summed E-state index contributed by atoms with van der Waals surface area (Å²) in [6, 6.07) is 9.58. The van der Waals surface area contributed by atoms with E-state index in [9.17, 15) is 0 Å². The molecular formula is C14H11BrCl3N. The van der Waals surface area contributed by atoms with Crippen LogP contribution in [-0.4, -0.2) is 0 Å². The second-order valence-electron chi connectivity index (χ2n) is 4.18. The molecule has 0 saturated carbocycles. The highest BCUT2D eigenvalue weighted by Gasteiger charge is 2.06. The molecule has 0 bridgehead atoms. The molecule has 0 unspecified atom stereocenters. The normalized spacial score (nSPS) is 10.6. The van der Waals surface area contributed by atoms with Crippen molar-refractivity contribution in [3.05, 3.63) is 61.0 Å². The van der Waals surface area contributed by atoms with Gasteiger partial charge in [0.05, 0.1) is 20.8 Å². The van der Waals surface area contributed by atoms with Gasteiger partial charge in [-0.2, -0.15) is 0 Å². The van der Waals surface area contributed by atoms with Gasteiger partial charge in [-0.1, -0.05) is 62.9 Å². The van der Waals surface area contributed by atoms with E-state index in [4.69, 9.17) is 34.8 Å². The summed E-state index contributed by atoms with van der Waals surface area (Å²) in [7, 11) is 0. The van der Waals surface area contributed by atoms with Crippen LogP contribution < -0.4 is 5.32 Å². The van der Waals surface area contributed by atoms with Crippen molar-refractivity contribution in [3.63, 3.8) is 0 Å². The number of nitrogens with one attached hydrogen (secondary N) is 1. The van der Waals surface area contributed by atoms with Crippen LogP contribution in [0.1, 0.15) is 11.1 Å². The fourth-order valence-electron chi connectivity index (χ4n) is 1.60. The van der Waals surface area contributed by atoms with Gasteiger partial charge in [0.15, 0.2) is 0 Å². The number of hydrogen-bond acceptors (Lipinski definition) is 1. The van der Waals surface area contributed by atoms with E-state index >= 15 is 0 Å². The third-order valence-electron chi connectivity index (χ3n) is 2.73. The lowest BCUT2D eigenvalue weighted by molar-refractivity contribution is 1.14. The highest BCUT2D eigenvalue weighted by molar-refractivity contribution is 9.10. The molecule has 0 aliphatic carbocycles. The summed E-state index contributed by atoms with van der Waals surface area (Å²) < 4.78 is 1.09. The van der Waals surface area contributed by atoms with Gasteiger partial charge in [0.25, 0.3) is 0 Å². The van der Waals surface area contributed by atoms with Gasteiger partial charge in [0.1, 0.15) is 0 Å². The molecule has 2 rings (SSSR count). The van der Waals surface area contributed by atoms with Crippen LogP contribution in [0.2, 0.25) is 15.1 Å². The maximum atomic E-state index is 6.11. The van der Waals surface area contributed by atoms with Gasteiger partial charge in [-0.05, 0) is 36.2 Å². The zero-order valence-corrected chi connectivity index (χ0v) is 14.0. The van der Waals surface area contributed by atoms with Gasteiger partial charge >= 0.3 is 0 Å². The molecule has 1 nitrogen and oxygen atoms in total. The second-order valence-corrected chi connectivity index (χ2v) is 6.26. The van der Waals surface area contributed by atoms with Crippen LogP contribution in [0.15, 0.2) is 34.8 Å². The lowest BCUT2D eigenvalue weighted by Gasteiger charge is -2.10. The summed E-state index contributed by atoms with van der Waals surface area (Å²) >= 11 is 21.5.